The second-order valence-corrected chi connectivity index (χ2v) is 5.08. The average Bonchev–Trinajstić information content (AvgIpc) is 2.94. The van der Waals surface area contributed by atoms with Gasteiger partial charge in [0.25, 0.3) is 11.8 Å². The Bertz CT molecular complexity index is 709. The fourth-order valence-corrected chi connectivity index (χ4v) is 2.39. The van der Waals surface area contributed by atoms with Crippen LogP contribution in [0, 0.1) is 0 Å². The Morgan fingerprint density at radius 2 is 1.14 bits per heavy atom. The third-order valence-corrected chi connectivity index (χ3v) is 3.45. The van der Waals surface area contributed by atoms with Gasteiger partial charge in [0.1, 0.15) is 0 Å². The van der Waals surface area contributed by atoms with Crippen LogP contribution in [0.4, 0.5) is 0 Å². The van der Waals surface area contributed by atoms with Crippen LogP contribution in [0.2, 0.25) is 0 Å². The second-order valence-electron chi connectivity index (χ2n) is 5.08. The van der Waals surface area contributed by atoms with Crippen LogP contribution in [-0.2, 0) is 19.2 Å². The molecule has 110 valence electrons. The van der Waals surface area contributed by atoms with E-state index in [1.807, 2.05) is 0 Å². The van der Waals surface area contributed by atoms with E-state index in [0.29, 0.717) is 22.3 Å². The van der Waals surface area contributed by atoms with Crippen molar-refractivity contribution < 1.29 is 19.2 Å². The maximum absolute atomic E-state index is 11.6. The molecule has 2 N–H and O–H groups in total. The third kappa shape index (κ3) is 2.71. The van der Waals surface area contributed by atoms with E-state index in [0.717, 1.165) is 0 Å². The molecule has 4 amide bonds. The van der Waals surface area contributed by atoms with E-state index in [-0.39, 0.29) is 24.7 Å². The summed E-state index contributed by atoms with van der Waals surface area (Å²) in [5.41, 5.74) is 2.18. The number of amides is 4. The van der Waals surface area contributed by atoms with E-state index < -0.39 is 11.8 Å². The van der Waals surface area contributed by atoms with Crippen molar-refractivity contribution >= 4 is 35.8 Å². The molecule has 3 rings (SSSR count). The number of hydrogen-bond donors (Lipinski definition) is 2. The Morgan fingerprint density at radius 3 is 1.45 bits per heavy atom. The zero-order chi connectivity index (χ0) is 15.7. The van der Waals surface area contributed by atoms with Crippen LogP contribution in [0.3, 0.4) is 0 Å². The van der Waals surface area contributed by atoms with Gasteiger partial charge in [0.2, 0.25) is 11.8 Å². The Balaban J connectivity index is 1.98. The van der Waals surface area contributed by atoms with Crippen LogP contribution in [0.25, 0.3) is 12.2 Å². The fourth-order valence-electron chi connectivity index (χ4n) is 2.39. The van der Waals surface area contributed by atoms with Crippen molar-refractivity contribution in [3.05, 3.63) is 46.5 Å². The summed E-state index contributed by atoms with van der Waals surface area (Å²) in [6.07, 6.45) is 3.34. The van der Waals surface area contributed by atoms with Crippen LogP contribution in [0.5, 0.6) is 0 Å². The second kappa shape index (κ2) is 5.40. The van der Waals surface area contributed by atoms with E-state index in [9.17, 15) is 19.2 Å². The van der Waals surface area contributed by atoms with Gasteiger partial charge in [-0.15, -0.1) is 0 Å². The molecule has 0 aliphatic carbocycles. The molecule has 2 heterocycles. The van der Waals surface area contributed by atoms with Crippen molar-refractivity contribution in [1.82, 2.24) is 10.6 Å². The summed E-state index contributed by atoms with van der Waals surface area (Å²) in [7, 11) is 0. The highest BCUT2D eigenvalue weighted by molar-refractivity contribution is 6.17. The van der Waals surface area contributed by atoms with Gasteiger partial charge in [-0.25, -0.2) is 0 Å². The Hall–Kier alpha value is -3.02. The van der Waals surface area contributed by atoms with E-state index in [4.69, 9.17) is 0 Å². The lowest BCUT2D eigenvalue weighted by Gasteiger charge is -2.03. The lowest BCUT2D eigenvalue weighted by Crippen LogP contribution is -2.19. The predicted molar refractivity (Wildman–Crippen MR) is 77.9 cm³/mol. The van der Waals surface area contributed by atoms with Crippen molar-refractivity contribution in [2.24, 2.45) is 0 Å². The van der Waals surface area contributed by atoms with Gasteiger partial charge in [-0.3, -0.25) is 29.8 Å². The van der Waals surface area contributed by atoms with Crippen molar-refractivity contribution in [2.75, 3.05) is 0 Å². The largest absolute Gasteiger partial charge is 0.292 e. The maximum atomic E-state index is 11.6. The van der Waals surface area contributed by atoms with Crippen LogP contribution in [0.1, 0.15) is 24.0 Å². The first-order valence-corrected chi connectivity index (χ1v) is 6.71. The molecule has 0 spiro atoms. The first-order chi connectivity index (χ1) is 10.5. The Labute approximate surface area is 125 Å². The minimum Gasteiger partial charge on any atom is -0.292 e. The number of hydrogen-bond acceptors (Lipinski definition) is 4. The van der Waals surface area contributed by atoms with Gasteiger partial charge < -0.3 is 0 Å². The first-order valence-electron chi connectivity index (χ1n) is 6.71. The normalized spacial score (nSPS) is 21.6. The number of benzene rings is 1. The fraction of sp³-hybridized carbons (Fsp3) is 0.125. The molecule has 1 aromatic rings. The lowest BCUT2D eigenvalue weighted by molar-refractivity contribution is -0.125. The van der Waals surface area contributed by atoms with Gasteiger partial charge in [0, 0.05) is 11.1 Å². The highest BCUT2D eigenvalue weighted by Crippen LogP contribution is 2.22. The molecule has 2 fully saturated rings. The molecule has 2 saturated heterocycles. The van der Waals surface area contributed by atoms with Crippen molar-refractivity contribution in [1.29, 1.82) is 0 Å². The SMILES string of the molecule is O=C1CC(=Cc2ccccc2C=C2CC(=O)NC2=O)C(=O)N1. The molecular formula is C16H12N2O4. The van der Waals surface area contributed by atoms with E-state index >= 15 is 0 Å². The van der Waals surface area contributed by atoms with E-state index in [1.165, 1.54) is 0 Å². The monoisotopic (exact) mass is 296 g/mol. The van der Waals surface area contributed by atoms with Crippen LogP contribution in [0.15, 0.2) is 35.4 Å². The van der Waals surface area contributed by atoms with Gasteiger partial charge in [0.05, 0.1) is 12.8 Å². The van der Waals surface area contributed by atoms with Crippen molar-refractivity contribution in [2.45, 2.75) is 12.8 Å². The highest BCUT2D eigenvalue weighted by Gasteiger charge is 2.25. The molecule has 22 heavy (non-hydrogen) atoms. The number of rotatable bonds is 2. The molecule has 0 saturated carbocycles. The van der Waals surface area contributed by atoms with Gasteiger partial charge in [-0.1, -0.05) is 24.3 Å². The number of imide groups is 2. The van der Waals surface area contributed by atoms with E-state index in [2.05, 4.69) is 10.6 Å². The predicted octanol–water partition coefficient (Wildman–Crippen LogP) is 0.546. The van der Waals surface area contributed by atoms with Crippen molar-refractivity contribution in [3.8, 4) is 0 Å². The third-order valence-electron chi connectivity index (χ3n) is 3.45. The summed E-state index contributed by atoms with van der Waals surface area (Å²) in [6.45, 7) is 0. The average molecular weight is 296 g/mol. The lowest BCUT2D eigenvalue weighted by atomic mass is 10.0. The molecule has 6 heteroatoms. The zero-order valence-electron chi connectivity index (χ0n) is 11.5. The molecule has 1 aromatic carbocycles. The molecule has 2 aliphatic heterocycles. The smallest absolute Gasteiger partial charge is 0.254 e. The minimum absolute atomic E-state index is 0.0444. The molecular weight excluding hydrogens is 284 g/mol. The van der Waals surface area contributed by atoms with Crippen LogP contribution >= 0.6 is 0 Å². The standard InChI is InChI=1S/C16H12N2O4/c19-13-7-11(15(21)17-13)5-9-3-1-2-4-10(9)6-12-8-14(20)18-16(12)22/h1-6H,7-8H2,(H,17,19,21)(H,18,20,22). The van der Waals surface area contributed by atoms with Crippen LogP contribution < -0.4 is 10.6 Å². The molecule has 0 radical (unpaired) electrons. The molecule has 0 unspecified atom stereocenters. The zero-order valence-corrected chi connectivity index (χ0v) is 11.5. The van der Waals surface area contributed by atoms with Gasteiger partial charge in [-0.2, -0.15) is 0 Å². The molecule has 2 aliphatic rings. The maximum Gasteiger partial charge on any atom is 0.254 e. The van der Waals surface area contributed by atoms with Gasteiger partial charge >= 0.3 is 0 Å². The summed E-state index contributed by atoms with van der Waals surface area (Å²) in [4.78, 5) is 45.7. The van der Waals surface area contributed by atoms with Gasteiger partial charge in [-0.05, 0) is 23.3 Å². The summed E-state index contributed by atoms with van der Waals surface area (Å²) >= 11 is 0. The molecule has 6 nitrogen and oxygen atoms in total. The van der Waals surface area contributed by atoms with E-state index in [1.54, 1.807) is 36.4 Å². The summed E-state index contributed by atoms with van der Waals surface area (Å²) < 4.78 is 0. The summed E-state index contributed by atoms with van der Waals surface area (Å²) in [5.74, 6) is -1.46. The quantitative estimate of drug-likeness (QED) is 0.615. The highest BCUT2D eigenvalue weighted by atomic mass is 16.2. The molecule has 0 bridgehead atoms. The Kier molecular flexibility index (Phi) is 3.42. The van der Waals surface area contributed by atoms with Crippen LogP contribution in [-0.4, -0.2) is 23.6 Å². The summed E-state index contributed by atoms with van der Waals surface area (Å²) in [5, 5.41) is 4.44. The Morgan fingerprint density at radius 1 is 0.727 bits per heavy atom. The molecule has 0 atom stereocenters. The minimum atomic E-state index is -0.402. The van der Waals surface area contributed by atoms with Gasteiger partial charge in [0.15, 0.2) is 0 Å². The molecule has 0 aromatic heterocycles. The first kappa shape index (κ1) is 13.9. The number of carbonyl (C=O) groups is 4. The summed E-state index contributed by atoms with van der Waals surface area (Å²) in [6, 6.07) is 7.15. The topological polar surface area (TPSA) is 92.3 Å². The number of nitrogens with one attached hydrogen (secondary N) is 2. The number of carbonyl (C=O) groups excluding carboxylic acids is 4. The van der Waals surface area contributed by atoms with Crippen molar-refractivity contribution in [3.63, 3.8) is 0 Å².